The van der Waals surface area contributed by atoms with Crippen molar-refractivity contribution in [2.24, 2.45) is 23.7 Å². The molecule has 3 aliphatic carbocycles. The van der Waals surface area contributed by atoms with Crippen LogP contribution in [-0.4, -0.2) is 46.8 Å². The van der Waals surface area contributed by atoms with Crippen LogP contribution in [0.1, 0.15) is 62.0 Å². The molecule has 0 spiro atoms. The molecule has 6 atom stereocenters. The van der Waals surface area contributed by atoms with Crippen LogP contribution in [0.2, 0.25) is 5.02 Å². The van der Waals surface area contributed by atoms with E-state index >= 15 is 4.79 Å². The van der Waals surface area contributed by atoms with E-state index in [0.29, 0.717) is 34.0 Å². The molecule has 9 heteroatoms. The summed E-state index contributed by atoms with van der Waals surface area (Å²) in [5.41, 5.74) is 0.675. The lowest BCUT2D eigenvalue weighted by Gasteiger charge is -2.51. The standard InChI is InChI=1S/C39H37ClN2O6/c1-48-31-17-9-16-30(43)33(31)34-26-18-19-27-32(37(46)41(35(27)44)24-13-6-3-7-14-24)28(26)21-29-36(45)42(25-15-8-12-23(40)20-25)38(47)39(29,34)22-10-4-2-5-11-22/h2,4-5,8-12,15-18,20,24,27-29,32,34,43H,3,6-7,13-14,19,21H2,1H3/t27-,28+,29-,32-,34+,39+/m0/s1. The number of hydrogen-bond donors (Lipinski definition) is 1. The number of fused-ring (bicyclic) bond motifs is 4. The number of phenols is 1. The smallest absolute Gasteiger partial charge is 0.246 e. The highest BCUT2D eigenvalue weighted by molar-refractivity contribution is 6.32. The van der Waals surface area contributed by atoms with Gasteiger partial charge in [-0.25, -0.2) is 4.90 Å². The minimum absolute atomic E-state index is 0.0730. The summed E-state index contributed by atoms with van der Waals surface area (Å²) in [6, 6.07) is 20.8. The van der Waals surface area contributed by atoms with Crippen molar-refractivity contribution < 1.29 is 29.0 Å². The second kappa shape index (κ2) is 11.6. The number of amides is 4. The first-order chi connectivity index (χ1) is 23.3. The molecule has 0 bridgehead atoms. The van der Waals surface area contributed by atoms with Gasteiger partial charge in [0.25, 0.3) is 0 Å². The van der Waals surface area contributed by atoms with Gasteiger partial charge in [0, 0.05) is 22.5 Å². The number of allylic oxidation sites excluding steroid dienone is 2. The number of benzene rings is 3. The number of likely N-dealkylation sites (tertiary alicyclic amines) is 1. The second-order valence-corrected chi connectivity index (χ2v) is 14.3. The molecule has 3 aromatic rings. The molecule has 2 aliphatic heterocycles. The molecule has 4 amide bonds. The Morgan fingerprint density at radius 1 is 0.854 bits per heavy atom. The van der Waals surface area contributed by atoms with Crippen molar-refractivity contribution in [2.75, 3.05) is 12.0 Å². The van der Waals surface area contributed by atoms with Crippen LogP contribution in [0.5, 0.6) is 11.5 Å². The summed E-state index contributed by atoms with van der Waals surface area (Å²) >= 11 is 6.39. The predicted molar refractivity (Wildman–Crippen MR) is 179 cm³/mol. The van der Waals surface area contributed by atoms with Crippen LogP contribution in [0.4, 0.5) is 5.69 Å². The highest BCUT2D eigenvalue weighted by Gasteiger charge is 2.71. The zero-order valence-electron chi connectivity index (χ0n) is 26.7. The molecular formula is C39H37ClN2O6. The summed E-state index contributed by atoms with van der Waals surface area (Å²) in [7, 11) is 1.51. The average molecular weight is 665 g/mol. The van der Waals surface area contributed by atoms with Gasteiger partial charge >= 0.3 is 0 Å². The van der Waals surface area contributed by atoms with Gasteiger partial charge in [0.05, 0.1) is 36.0 Å². The molecule has 0 aromatic heterocycles. The number of anilines is 1. The first-order valence-electron chi connectivity index (χ1n) is 16.9. The number of methoxy groups -OCH3 is 1. The summed E-state index contributed by atoms with van der Waals surface area (Å²) in [5.74, 6) is -4.29. The molecule has 2 saturated carbocycles. The maximum atomic E-state index is 15.3. The number of nitrogens with zero attached hydrogens (tertiary/aromatic N) is 2. The van der Waals surface area contributed by atoms with Crippen molar-refractivity contribution in [3.63, 3.8) is 0 Å². The molecule has 246 valence electrons. The molecule has 3 aromatic carbocycles. The van der Waals surface area contributed by atoms with Crippen LogP contribution in [0.15, 0.2) is 84.4 Å². The molecule has 0 unspecified atom stereocenters. The number of ether oxygens (including phenoxy) is 1. The van der Waals surface area contributed by atoms with Gasteiger partial charge in [-0.2, -0.15) is 0 Å². The first kappa shape index (κ1) is 30.9. The van der Waals surface area contributed by atoms with Gasteiger partial charge in [-0.3, -0.25) is 24.1 Å². The van der Waals surface area contributed by atoms with E-state index in [-0.39, 0.29) is 30.0 Å². The van der Waals surface area contributed by atoms with Gasteiger partial charge in [0.2, 0.25) is 23.6 Å². The molecule has 5 aliphatic rings. The zero-order chi connectivity index (χ0) is 33.3. The van der Waals surface area contributed by atoms with E-state index in [0.717, 1.165) is 37.7 Å². The molecule has 8 rings (SSSR count). The number of hydrogen-bond acceptors (Lipinski definition) is 6. The summed E-state index contributed by atoms with van der Waals surface area (Å²) < 4.78 is 5.86. The maximum Gasteiger partial charge on any atom is 0.246 e. The van der Waals surface area contributed by atoms with Crippen LogP contribution < -0.4 is 9.64 Å². The Morgan fingerprint density at radius 3 is 2.33 bits per heavy atom. The molecular weight excluding hydrogens is 628 g/mol. The van der Waals surface area contributed by atoms with Crippen molar-refractivity contribution in [2.45, 2.75) is 62.3 Å². The third kappa shape index (κ3) is 4.27. The second-order valence-electron chi connectivity index (χ2n) is 13.8. The molecule has 2 heterocycles. The third-order valence-corrected chi connectivity index (χ3v) is 11.9. The van der Waals surface area contributed by atoms with Crippen LogP contribution in [-0.2, 0) is 24.6 Å². The monoisotopic (exact) mass is 664 g/mol. The third-order valence-electron chi connectivity index (χ3n) is 11.7. The Kier molecular flexibility index (Phi) is 7.47. The number of aromatic hydroxyl groups is 1. The summed E-state index contributed by atoms with van der Waals surface area (Å²) in [4.78, 5) is 61.5. The van der Waals surface area contributed by atoms with Crippen molar-refractivity contribution in [1.29, 1.82) is 0 Å². The predicted octanol–water partition coefficient (Wildman–Crippen LogP) is 6.55. The number of imide groups is 2. The molecule has 8 nitrogen and oxygen atoms in total. The zero-order valence-corrected chi connectivity index (χ0v) is 27.4. The highest BCUT2D eigenvalue weighted by Crippen LogP contribution is 2.66. The fraction of sp³-hybridized carbons (Fsp3) is 0.385. The van der Waals surface area contributed by atoms with E-state index in [9.17, 15) is 19.5 Å². The van der Waals surface area contributed by atoms with Gasteiger partial charge in [0.1, 0.15) is 11.5 Å². The van der Waals surface area contributed by atoms with Crippen LogP contribution >= 0.6 is 11.6 Å². The van der Waals surface area contributed by atoms with Crippen LogP contribution in [0, 0.1) is 23.7 Å². The lowest BCUT2D eigenvalue weighted by Crippen LogP contribution is -2.53. The fourth-order valence-corrected chi connectivity index (χ4v) is 9.97. The van der Waals surface area contributed by atoms with Crippen LogP contribution in [0.25, 0.3) is 0 Å². The van der Waals surface area contributed by atoms with Crippen molar-refractivity contribution in [3.8, 4) is 11.5 Å². The summed E-state index contributed by atoms with van der Waals surface area (Å²) in [6.07, 6.45) is 7.23. The summed E-state index contributed by atoms with van der Waals surface area (Å²) in [5, 5.41) is 12.0. The Morgan fingerprint density at radius 2 is 1.60 bits per heavy atom. The van der Waals surface area contributed by atoms with Gasteiger partial charge < -0.3 is 9.84 Å². The Balaban J connectivity index is 1.37. The Labute approximate surface area is 284 Å². The molecule has 0 radical (unpaired) electrons. The Bertz CT molecular complexity index is 1870. The minimum atomic E-state index is -1.49. The molecule has 48 heavy (non-hydrogen) atoms. The van der Waals surface area contributed by atoms with E-state index in [4.69, 9.17) is 16.3 Å². The topological polar surface area (TPSA) is 104 Å². The van der Waals surface area contributed by atoms with Gasteiger partial charge in [0.15, 0.2) is 0 Å². The number of carbonyl (C=O) groups is 4. The molecule has 2 saturated heterocycles. The lowest BCUT2D eigenvalue weighted by atomic mass is 9.49. The largest absolute Gasteiger partial charge is 0.508 e. The van der Waals surface area contributed by atoms with Crippen LogP contribution in [0.3, 0.4) is 0 Å². The number of rotatable bonds is 5. The SMILES string of the molecule is COc1cccc(O)c1[C@H]1C2=CC[C@@H]3C(=O)N(C4CCCCC4)C(=O)[C@@H]3[C@@H]2C[C@H]2C(=O)N(c3cccc(Cl)c3)C(=O)[C@@]12c1ccccc1. The fourth-order valence-electron chi connectivity index (χ4n) is 9.78. The highest BCUT2D eigenvalue weighted by atomic mass is 35.5. The van der Waals surface area contributed by atoms with Crippen molar-refractivity contribution in [1.82, 2.24) is 4.90 Å². The van der Waals surface area contributed by atoms with Gasteiger partial charge in [-0.1, -0.05) is 85.0 Å². The quantitative estimate of drug-likeness (QED) is 0.245. The van der Waals surface area contributed by atoms with Crippen molar-refractivity contribution >= 4 is 40.9 Å². The van der Waals surface area contributed by atoms with E-state index in [1.807, 2.05) is 36.4 Å². The Hall–Kier alpha value is -4.43. The van der Waals surface area contributed by atoms with Gasteiger partial charge in [-0.15, -0.1) is 0 Å². The van der Waals surface area contributed by atoms with E-state index in [1.54, 1.807) is 47.4 Å². The first-order valence-corrected chi connectivity index (χ1v) is 17.3. The van der Waals surface area contributed by atoms with Gasteiger partial charge in [-0.05, 0) is 67.5 Å². The van der Waals surface area contributed by atoms with E-state index in [2.05, 4.69) is 0 Å². The molecule has 4 fully saturated rings. The average Bonchev–Trinajstić information content (AvgIpc) is 3.49. The number of carbonyl (C=O) groups excluding carboxylic acids is 4. The number of phenolic OH excluding ortho intramolecular Hbond substituents is 1. The minimum Gasteiger partial charge on any atom is -0.508 e. The maximum absolute atomic E-state index is 15.3. The summed E-state index contributed by atoms with van der Waals surface area (Å²) in [6.45, 7) is 0. The normalized spacial score (nSPS) is 30.2. The number of halogens is 1. The lowest BCUT2D eigenvalue weighted by molar-refractivity contribution is -0.143. The van der Waals surface area contributed by atoms with E-state index < -0.39 is 46.8 Å². The molecule has 1 N–H and O–H groups in total. The van der Waals surface area contributed by atoms with E-state index in [1.165, 1.54) is 12.0 Å². The van der Waals surface area contributed by atoms with Crippen molar-refractivity contribution in [3.05, 3.63) is 101 Å².